The van der Waals surface area contributed by atoms with Gasteiger partial charge in [0.25, 0.3) is 11.8 Å². The molecule has 23 heavy (non-hydrogen) atoms. The number of anilines is 1. The van der Waals surface area contributed by atoms with Gasteiger partial charge in [-0.1, -0.05) is 11.6 Å². The van der Waals surface area contributed by atoms with Crippen LogP contribution in [0.3, 0.4) is 0 Å². The fraction of sp³-hybridized carbons (Fsp3) is 0.143. The highest BCUT2D eigenvalue weighted by Crippen LogP contribution is 2.25. The van der Waals surface area contributed by atoms with Crippen LogP contribution < -0.4 is 5.32 Å². The number of nitrogens with one attached hydrogen (secondary N) is 1. The van der Waals surface area contributed by atoms with E-state index < -0.39 is 11.8 Å². The molecule has 1 aliphatic heterocycles. The molecule has 3 rings (SSSR count). The topological polar surface area (TPSA) is 100 Å². The van der Waals surface area contributed by atoms with E-state index in [1.165, 1.54) is 23.4 Å². The number of aliphatic hydroxyl groups is 1. The SMILES string of the molecule is O=C1C=C(Nc2ccc(-n3cncn3)c(Cl)c2)C(=O)N1CCO. The average Bonchev–Trinajstić information content (AvgIpc) is 3.13. The zero-order valence-electron chi connectivity index (χ0n) is 11.8. The predicted molar refractivity (Wildman–Crippen MR) is 81.9 cm³/mol. The van der Waals surface area contributed by atoms with Gasteiger partial charge in [0.15, 0.2) is 0 Å². The van der Waals surface area contributed by atoms with Crippen LogP contribution in [0.5, 0.6) is 0 Å². The van der Waals surface area contributed by atoms with E-state index >= 15 is 0 Å². The third-order valence-corrected chi connectivity index (χ3v) is 3.53. The minimum Gasteiger partial charge on any atom is -0.395 e. The second-order valence-electron chi connectivity index (χ2n) is 4.71. The summed E-state index contributed by atoms with van der Waals surface area (Å²) in [5.74, 6) is -0.947. The van der Waals surface area contributed by atoms with Gasteiger partial charge in [-0.25, -0.2) is 9.67 Å². The van der Waals surface area contributed by atoms with E-state index in [0.717, 1.165) is 4.90 Å². The van der Waals surface area contributed by atoms with Gasteiger partial charge < -0.3 is 10.4 Å². The van der Waals surface area contributed by atoms with Crippen LogP contribution in [-0.2, 0) is 9.59 Å². The van der Waals surface area contributed by atoms with Gasteiger partial charge in [0.05, 0.1) is 23.9 Å². The Morgan fingerprint density at radius 2 is 2.13 bits per heavy atom. The molecule has 0 saturated carbocycles. The molecule has 0 radical (unpaired) electrons. The lowest BCUT2D eigenvalue weighted by molar-refractivity contribution is -0.137. The number of β-amino-alcohol motifs (C(OH)–C–C–N with tert-alkyl or cyclic N) is 1. The number of carbonyl (C=O) groups excluding carboxylic acids is 2. The molecule has 1 aromatic heterocycles. The second kappa shape index (κ2) is 6.19. The largest absolute Gasteiger partial charge is 0.395 e. The predicted octanol–water partition coefficient (Wildman–Crippen LogP) is 0.578. The molecular formula is C14H12ClN5O3. The molecule has 118 valence electrons. The highest BCUT2D eigenvalue weighted by molar-refractivity contribution is 6.32. The zero-order valence-corrected chi connectivity index (χ0v) is 12.6. The summed E-state index contributed by atoms with van der Waals surface area (Å²) in [4.78, 5) is 28.6. The minimum absolute atomic E-state index is 0.0364. The van der Waals surface area contributed by atoms with Crippen molar-refractivity contribution in [1.29, 1.82) is 0 Å². The molecule has 0 bridgehead atoms. The van der Waals surface area contributed by atoms with E-state index in [1.807, 2.05) is 0 Å². The number of halogens is 1. The van der Waals surface area contributed by atoms with Crippen LogP contribution in [0.25, 0.3) is 5.69 Å². The molecule has 2 aromatic rings. The van der Waals surface area contributed by atoms with E-state index in [9.17, 15) is 9.59 Å². The molecular weight excluding hydrogens is 322 g/mol. The van der Waals surface area contributed by atoms with Crippen molar-refractivity contribution in [1.82, 2.24) is 19.7 Å². The molecule has 0 saturated heterocycles. The molecule has 0 unspecified atom stereocenters. The number of hydrogen-bond donors (Lipinski definition) is 2. The Kier molecular flexibility index (Phi) is 4.09. The first-order valence-corrected chi connectivity index (χ1v) is 7.08. The van der Waals surface area contributed by atoms with Crippen molar-refractivity contribution in [3.8, 4) is 5.69 Å². The second-order valence-corrected chi connectivity index (χ2v) is 5.12. The van der Waals surface area contributed by atoms with Crippen molar-refractivity contribution in [3.05, 3.63) is 47.6 Å². The average molecular weight is 334 g/mol. The quantitative estimate of drug-likeness (QED) is 0.776. The smallest absolute Gasteiger partial charge is 0.277 e. The van der Waals surface area contributed by atoms with Crippen molar-refractivity contribution in [2.24, 2.45) is 0 Å². The first-order chi connectivity index (χ1) is 11.1. The van der Waals surface area contributed by atoms with Crippen LogP contribution in [0.2, 0.25) is 5.02 Å². The lowest BCUT2D eigenvalue weighted by Gasteiger charge is -2.14. The lowest BCUT2D eigenvalue weighted by Crippen LogP contribution is -2.34. The zero-order chi connectivity index (χ0) is 16.4. The van der Waals surface area contributed by atoms with Crippen LogP contribution in [0, 0.1) is 0 Å². The fourth-order valence-corrected chi connectivity index (χ4v) is 2.44. The monoisotopic (exact) mass is 333 g/mol. The summed E-state index contributed by atoms with van der Waals surface area (Å²) < 4.78 is 1.51. The number of aromatic nitrogens is 3. The normalized spacial score (nSPS) is 14.3. The molecule has 0 atom stereocenters. The molecule has 2 N–H and O–H groups in total. The lowest BCUT2D eigenvalue weighted by atomic mass is 10.2. The van der Waals surface area contributed by atoms with Crippen molar-refractivity contribution in [3.63, 3.8) is 0 Å². The highest BCUT2D eigenvalue weighted by Gasteiger charge is 2.30. The Morgan fingerprint density at radius 3 is 2.78 bits per heavy atom. The first-order valence-electron chi connectivity index (χ1n) is 6.70. The van der Waals surface area contributed by atoms with Crippen LogP contribution >= 0.6 is 11.6 Å². The minimum atomic E-state index is -0.486. The van der Waals surface area contributed by atoms with Gasteiger partial charge in [-0.15, -0.1) is 0 Å². The van der Waals surface area contributed by atoms with Gasteiger partial charge in [-0.3, -0.25) is 14.5 Å². The Morgan fingerprint density at radius 1 is 1.30 bits per heavy atom. The van der Waals surface area contributed by atoms with Crippen LogP contribution in [0.1, 0.15) is 0 Å². The summed E-state index contributed by atoms with van der Waals surface area (Å²) in [5, 5.41) is 16.1. The molecule has 1 aromatic carbocycles. The number of benzene rings is 1. The van der Waals surface area contributed by atoms with Gasteiger partial charge in [0, 0.05) is 11.8 Å². The number of imide groups is 1. The Labute approximate surface area is 136 Å². The van der Waals surface area contributed by atoms with Crippen molar-refractivity contribution < 1.29 is 14.7 Å². The number of nitrogens with zero attached hydrogens (tertiary/aromatic N) is 4. The number of carbonyl (C=O) groups is 2. The van der Waals surface area contributed by atoms with E-state index in [2.05, 4.69) is 15.4 Å². The Hall–Kier alpha value is -2.71. The summed E-state index contributed by atoms with van der Waals surface area (Å²) >= 11 is 6.21. The van der Waals surface area contributed by atoms with Crippen molar-refractivity contribution >= 4 is 29.1 Å². The highest BCUT2D eigenvalue weighted by atomic mass is 35.5. The molecule has 9 heteroatoms. The third-order valence-electron chi connectivity index (χ3n) is 3.23. The van der Waals surface area contributed by atoms with E-state index in [4.69, 9.17) is 16.7 Å². The molecule has 0 spiro atoms. The van der Waals surface area contributed by atoms with Crippen molar-refractivity contribution in [2.75, 3.05) is 18.5 Å². The summed E-state index contributed by atoms with van der Waals surface area (Å²) in [6.45, 7) is -0.317. The van der Waals surface area contributed by atoms with Gasteiger partial charge in [0.2, 0.25) is 0 Å². The number of aliphatic hydroxyl groups excluding tert-OH is 1. The molecule has 0 aliphatic carbocycles. The first kappa shape index (κ1) is 15.2. The number of amides is 2. The van der Waals surface area contributed by atoms with E-state index in [1.54, 1.807) is 18.2 Å². The Balaban J connectivity index is 1.79. The van der Waals surface area contributed by atoms with Gasteiger partial charge in [-0.2, -0.15) is 5.10 Å². The molecule has 0 fully saturated rings. The summed E-state index contributed by atoms with van der Waals surface area (Å²) in [5.41, 5.74) is 1.32. The van der Waals surface area contributed by atoms with Crippen LogP contribution in [0.15, 0.2) is 42.6 Å². The maximum Gasteiger partial charge on any atom is 0.277 e. The maximum absolute atomic E-state index is 12.1. The molecule has 8 nitrogen and oxygen atoms in total. The summed E-state index contributed by atoms with van der Waals surface area (Å²) in [6.07, 6.45) is 4.10. The summed E-state index contributed by atoms with van der Waals surface area (Å²) in [6, 6.07) is 5.04. The van der Waals surface area contributed by atoms with Crippen LogP contribution in [0.4, 0.5) is 5.69 Å². The molecule has 2 heterocycles. The van der Waals surface area contributed by atoms with Crippen LogP contribution in [-0.4, -0.2) is 49.7 Å². The molecule has 1 aliphatic rings. The van der Waals surface area contributed by atoms with Gasteiger partial charge >= 0.3 is 0 Å². The maximum atomic E-state index is 12.1. The van der Waals surface area contributed by atoms with Gasteiger partial charge in [0.1, 0.15) is 18.4 Å². The summed E-state index contributed by atoms with van der Waals surface area (Å²) in [7, 11) is 0. The number of hydrogen-bond acceptors (Lipinski definition) is 6. The molecule has 2 amide bonds. The standard InChI is InChI=1S/C14H12ClN5O3/c15-10-5-9(1-2-12(10)20-8-16-7-17-20)18-11-6-13(22)19(3-4-21)14(11)23/h1-2,5-8,18,21H,3-4H2. The van der Waals surface area contributed by atoms with Crippen molar-refractivity contribution in [2.45, 2.75) is 0 Å². The number of rotatable bonds is 5. The third kappa shape index (κ3) is 2.94. The van der Waals surface area contributed by atoms with E-state index in [-0.39, 0.29) is 18.8 Å². The van der Waals surface area contributed by atoms with E-state index in [0.29, 0.717) is 16.4 Å². The van der Waals surface area contributed by atoms with Gasteiger partial charge in [-0.05, 0) is 18.2 Å². The Bertz CT molecular complexity index is 788. The fourth-order valence-electron chi connectivity index (χ4n) is 2.17.